The predicted molar refractivity (Wildman–Crippen MR) is 79.7 cm³/mol. The Bertz CT molecular complexity index is 372. The lowest BCUT2D eigenvalue weighted by Gasteiger charge is -2.19. The first-order chi connectivity index (χ1) is 8.03. The van der Waals surface area contributed by atoms with Crippen LogP contribution in [0.4, 0.5) is 0 Å². The molecule has 1 aromatic rings. The van der Waals surface area contributed by atoms with Gasteiger partial charge < -0.3 is 5.32 Å². The van der Waals surface area contributed by atoms with E-state index in [1.807, 2.05) is 11.3 Å². The van der Waals surface area contributed by atoms with E-state index in [0.717, 1.165) is 12.5 Å². The van der Waals surface area contributed by atoms with Crippen LogP contribution in [0.1, 0.15) is 38.5 Å². The molecule has 1 heterocycles. The molecule has 96 valence electrons. The molecule has 2 rings (SSSR count). The van der Waals surface area contributed by atoms with Gasteiger partial charge in [0.05, 0.1) is 3.79 Å². The molecule has 0 saturated heterocycles. The van der Waals surface area contributed by atoms with E-state index in [9.17, 15) is 0 Å². The molecule has 2 unspecified atom stereocenters. The minimum atomic E-state index is 0.555. The van der Waals surface area contributed by atoms with Crippen LogP contribution in [0, 0.1) is 11.3 Å². The van der Waals surface area contributed by atoms with Gasteiger partial charge in [0, 0.05) is 10.9 Å². The third-order valence-corrected chi connectivity index (χ3v) is 5.43. The standard InChI is InChI=1S/C14H22BrNS/c1-4-7-16-12(11-9-14(11,2)3)8-10-5-6-13(15)17-10/h5-6,11-12,16H,4,7-9H2,1-3H3. The van der Waals surface area contributed by atoms with Crippen molar-refractivity contribution < 1.29 is 0 Å². The Morgan fingerprint density at radius 1 is 1.53 bits per heavy atom. The van der Waals surface area contributed by atoms with Gasteiger partial charge in [-0.2, -0.15) is 0 Å². The van der Waals surface area contributed by atoms with Crippen LogP contribution < -0.4 is 5.32 Å². The Labute approximate surface area is 117 Å². The maximum atomic E-state index is 3.74. The van der Waals surface area contributed by atoms with Crippen molar-refractivity contribution >= 4 is 27.3 Å². The maximum Gasteiger partial charge on any atom is 0.0701 e. The van der Waals surface area contributed by atoms with Crippen LogP contribution in [0.3, 0.4) is 0 Å². The van der Waals surface area contributed by atoms with Crippen molar-refractivity contribution in [2.24, 2.45) is 11.3 Å². The molecular formula is C14H22BrNS. The predicted octanol–water partition coefficient (Wildman–Crippen LogP) is 4.47. The molecule has 0 bridgehead atoms. The summed E-state index contributed by atoms with van der Waals surface area (Å²) in [7, 11) is 0. The van der Waals surface area contributed by atoms with Crippen LogP contribution >= 0.6 is 27.3 Å². The molecule has 1 saturated carbocycles. The summed E-state index contributed by atoms with van der Waals surface area (Å²) in [6, 6.07) is 5.08. The molecule has 1 aromatic heterocycles. The highest BCUT2D eigenvalue weighted by atomic mass is 79.9. The molecule has 0 aliphatic heterocycles. The van der Waals surface area contributed by atoms with Crippen molar-refractivity contribution in [3.05, 3.63) is 20.8 Å². The van der Waals surface area contributed by atoms with E-state index < -0.39 is 0 Å². The SMILES string of the molecule is CCCNC(Cc1ccc(Br)s1)C1CC1(C)C. The van der Waals surface area contributed by atoms with Gasteiger partial charge in [-0.3, -0.25) is 0 Å². The fraction of sp³-hybridized carbons (Fsp3) is 0.714. The first kappa shape index (κ1) is 13.6. The number of thiophene rings is 1. The molecule has 1 nitrogen and oxygen atoms in total. The summed E-state index contributed by atoms with van der Waals surface area (Å²) in [5.74, 6) is 0.856. The van der Waals surface area contributed by atoms with Gasteiger partial charge in [0.25, 0.3) is 0 Å². The Morgan fingerprint density at radius 3 is 2.71 bits per heavy atom. The molecular weight excluding hydrogens is 294 g/mol. The number of nitrogens with one attached hydrogen (secondary N) is 1. The van der Waals surface area contributed by atoms with E-state index in [-0.39, 0.29) is 0 Å². The average molecular weight is 316 g/mol. The van der Waals surface area contributed by atoms with Crippen molar-refractivity contribution in [3.63, 3.8) is 0 Å². The second kappa shape index (κ2) is 5.41. The van der Waals surface area contributed by atoms with Crippen LogP contribution in [0.5, 0.6) is 0 Å². The topological polar surface area (TPSA) is 12.0 Å². The van der Waals surface area contributed by atoms with Gasteiger partial charge in [-0.25, -0.2) is 0 Å². The normalized spacial score (nSPS) is 23.6. The zero-order valence-electron chi connectivity index (χ0n) is 10.9. The first-order valence-electron chi connectivity index (χ1n) is 6.50. The third kappa shape index (κ3) is 3.55. The number of hydrogen-bond donors (Lipinski definition) is 1. The van der Waals surface area contributed by atoms with E-state index in [1.165, 1.54) is 27.9 Å². The molecule has 1 N–H and O–H groups in total. The quantitative estimate of drug-likeness (QED) is 0.816. The van der Waals surface area contributed by atoms with Gasteiger partial charge in [0.1, 0.15) is 0 Å². The molecule has 1 fully saturated rings. The summed E-state index contributed by atoms with van der Waals surface area (Å²) in [6.45, 7) is 8.17. The maximum absolute atomic E-state index is 3.74. The summed E-state index contributed by atoms with van der Waals surface area (Å²) >= 11 is 5.42. The molecule has 0 spiro atoms. The molecule has 0 radical (unpaired) electrons. The Morgan fingerprint density at radius 2 is 2.24 bits per heavy atom. The van der Waals surface area contributed by atoms with Crippen LogP contribution in [0.2, 0.25) is 0 Å². The lowest BCUT2D eigenvalue weighted by Crippen LogP contribution is -2.34. The van der Waals surface area contributed by atoms with Gasteiger partial charge in [-0.15, -0.1) is 11.3 Å². The molecule has 1 aliphatic carbocycles. The monoisotopic (exact) mass is 315 g/mol. The molecule has 17 heavy (non-hydrogen) atoms. The summed E-state index contributed by atoms with van der Waals surface area (Å²) < 4.78 is 1.25. The number of halogens is 1. The summed E-state index contributed by atoms with van der Waals surface area (Å²) in [4.78, 5) is 1.49. The van der Waals surface area contributed by atoms with Gasteiger partial charge in [-0.05, 0) is 65.2 Å². The minimum Gasteiger partial charge on any atom is -0.313 e. The Hall–Kier alpha value is 0.140. The van der Waals surface area contributed by atoms with E-state index >= 15 is 0 Å². The summed E-state index contributed by atoms with van der Waals surface area (Å²) in [5, 5.41) is 3.74. The van der Waals surface area contributed by atoms with Crippen molar-refractivity contribution in [2.75, 3.05) is 6.54 Å². The second-order valence-corrected chi connectivity index (χ2v) is 8.32. The first-order valence-corrected chi connectivity index (χ1v) is 8.11. The number of hydrogen-bond acceptors (Lipinski definition) is 2. The van der Waals surface area contributed by atoms with Gasteiger partial charge in [0.15, 0.2) is 0 Å². The van der Waals surface area contributed by atoms with Crippen molar-refractivity contribution in [1.29, 1.82) is 0 Å². The minimum absolute atomic E-state index is 0.555. The highest BCUT2D eigenvalue weighted by Gasteiger charge is 2.49. The van der Waals surface area contributed by atoms with Crippen LogP contribution in [0.15, 0.2) is 15.9 Å². The Balaban J connectivity index is 1.96. The zero-order valence-corrected chi connectivity index (χ0v) is 13.3. The third-order valence-electron chi connectivity index (χ3n) is 3.78. The van der Waals surface area contributed by atoms with E-state index in [4.69, 9.17) is 0 Å². The van der Waals surface area contributed by atoms with Gasteiger partial charge in [0.2, 0.25) is 0 Å². The van der Waals surface area contributed by atoms with Gasteiger partial charge in [-0.1, -0.05) is 20.8 Å². The molecule has 0 aromatic carbocycles. The molecule has 3 heteroatoms. The summed E-state index contributed by atoms with van der Waals surface area (Å²) in [6.07, 6.45) is 3.78. The average Bonchev–Trinajstić information content (AvgIpc) is 2.69. The lowest BCUT2D eigenvalue weighted by atomic mass is 10.0. The summed E-state index contributed by atoms with van der Waals surface area (Å²) in [5.41, 5.74) is 0.555. The fourth-order valence-corrected chi connectivity index (χ4v) is 4.10. The van der Waals surface area contributed by atoms with Crippen LogP contribution in [-0.2, 0) is 6.42 Å². The van der Waals surface area contributed by atoms with E-state index in [1.54, 1.807) is 0 Å². The lowest BCUT2D eigenvalue weighted by molar-refractivity contribution is 0.404. The van der Waals surface area contributed by atoms with Crippen molar-refractivity contribution in [1.82, 2.24) is 5.32 Å². The largest absolute Gasteiger partial charge is 0.313 e. The molecule has 0 amide bonds. The van der Waals surface area contributed by atoms with E-state index in [0.29, 0.717) is 11.5 Å². The molecule has 2 atom stereocenters. The highest BCUT2D eigenvalue weighted by molar-refractivity contribution is 9.11. The highest BCUT2D eigenvalue weighted by Crippen LogP contribution is 2.54. The Kier molecular flexibility index (Phi) is 4.32. The van der Waals surface area contributed by atoms with Crippen molar-refractivity contribution in [2.45, 2.75) is 46.1 Å². The zero-order chi connectivity index (χ0) is 12.5. The second-order valence-electron chi connectivity index (χ2n) is 5.77. The van der Waals surface area contributed by atoms with E-state index in [2.05, 4.69) is 54.2 Å². The van der Waals surface area contributed by atoms with Crippen LogP contribution in [0.25, 0.3) is 0 Å². The van der Waals surface area contributed by atoms with Crippen molar-refractivity contribution in [3.8, 4) is 0 Å². The van der Waals surface area contributed by atoms with Gasteiger partial charge >= 0.3 is 0 Å². The van der Waals surface area contributed by atoms with Crippen LogP contribution in [-0.4, -0.2) is 12.6 Å². The fourth-order valence-electron chi connectivity index (χ4n) is 2.56. The molecule has 1 aliphatic rings. The number of rotatable bonds is 6. The smallest absolute Gasteiger partial charge is 0.0701 e.